The molecule has 0 bridgehead atoms. The largest absolute Gasteiger partial charge is 0.324 e. The number of thioether (sulfide) groups is 1. The fourth-order valence-corrected chi connectivity index (χ4v) is 3.38. The summed E-state index contributed by atoms with van der Waals surface area (Å²) in [7, 11) is 0. The van der Waals surface area contributed by atoms with Crippen molar-refractivity contribution in [3.05, 3.63) is 36.8 Å². The Labute approximate surface area is 149 Å². The molecular weight excluding hydrogens is 336 g/mol. The van der Waals surface area contributed by atoms with Crippen LogP contribution in [0.1, 0.15) is 6.92 Å². The number of aromatic nitrogens is 4. The summed E-state index contributed by atoms with van der Waals surface area (Å²) in [5.74, 6) is 0.781. The molecule has 0 N–H and O–H groups in total. The number of amides is 2. The van der Waals surface area contributed by atoms with Crippen LogP contribution in [0.4, 0.5) is 10.5 Å². The number of anilines is 1. The van der Waals surface area contributed by atoms with Crippen LogP contribution in [0.2, 0.25) is 0 Å². The van der Waals surface area contributed by atoms with Crippen molar-refractivity contribution in [2.45, 2.75) is 12.1 Å². The fraction of sp³-hybridized carbons (Fsp3) is 0.294. The number of fused-ring (bicyclic) bond motifs is 1. The van der Waals surface area contributed by atoms with Crippen LogP contribution in [0.15, 0.2) is 41.9 Å². The van der Waals surface area contributed by atoms with Crippen LogP contribution in [0.25, 0.3) is 16.9 Å². The number of benzene rings is 1. The zero-order valence-electron chi connectivity index (χ0n) is 14.1. The number of nitrogens with zero attached hydrogens (tertiary/aromatic N) is 6. The summed E-state index contributed by atoms with van der Waals surface area (Å²) in [5, 5.41) is 0.721. The van der Waals surface area contributed by atoms with Crippen molar-refractivity contribution in [3.8, 4) is 5.82 Å². The van der Waals surface area contributed by atoms with Crippen molar-refractivity contribution in [1.29, 1.82) is 0 Å². The van der Waals surface area contributed by atoms with Crippen LogP contribution in [0.3, 0.4) is 0 Å². The van der Waals surface area contributed by atoms with Crippen molar-refractivity contribution < 1.29 is 4.79 Å². The van der Waals surface area contributed by atoms with E-state index in [9.17, 15) is 4.79 Å². The van der Waals surface area contributed by atoms with E-state index < -0.39 is 0 Å². The molecule has 0 aliphatic carbocycles. The Balaban J connectivity index is 1.71. The second-order valence-corrected chi connectivity index (χ2v) is 6.48. The number of rotatable bonds is 4. The smallest absolute Gasteiger partial charge is 0.323 e. The van der Waals surface area contributed by atoms with Crippen LogP contribution in [-0.4, -0.2) is 56.3 Å². The highest BCUT2D eigenvalue weighted by Crippen LogP contribution is 2.26. The van der Waals surface area contributed by atoms with Gasteiger partial charge in [-0.15, -0.1) is 0 Å². The first-order valence-corrected chi connectivity index (χ1v) is 9.34. The van der Waals surface area contributed by atoms with Gasteiger partial charge in [-0.1, -0.05) is 11.8 Å². The summed E-state index contributed by atoms with van der Waals surface area (Å²) in [6.07, 6.45) is 5.45. The summed E-state index contributed by atoms with van der Waals surface area (Å²) < 4.78 is 1.94. The molecule has 7 nitrogen and oxygen atoms in total. The Bertz CT molecular complexity index is 940. The molecule has 8 heteroatoms. The van der Waals surface area contributed by atoms with Gasteiger partial charge in [-0.3, -0.25) is 9.47 Å². The number of carbonyl (C=O) groups is 1. The molecule has 3 heterocycles. The van der Waals surface area contributed by atoms with Gasteiger partial charge in [0.15, 0.2) is 5.16 Å². The highest BCUT2D eigenvalue weighted by atomic mass is 32.2. The SMILES string of the molecule is CCN1CCN(c2ccc3c(c2)ncn3-c2ccnc(SC)n2)C1=O. The molecule has 0 radical (unpaired) electrons. The zero-order valence-corrected chi connectivity index (χ0v) is 14.9. The Morgan fingerprint density at radius 3 is 2.84 bits per heavy atom. The van der Waals surface area contributed by atoms with E-state index in [-0.39, 0.29) is 6.03 Å². The van der Waals surface area contributed by atoms with Crippen LogP contribution >= 0.6 is 11.8 Å². The van der Waals surface area contributed by atoms with Gasteiger partial charge in [-0.2, -0.15) is 0 Å². The summed E-state index contributed by atoms with van der Waals surface area (Å²) in [6, 6.07) is 7.83. The lowest BCUT2D eigenvalue weighted by molar-refractivity contribution is 0.223. The third-order valence-corrected chi connectivity index (χ3v) is 4.93. The van der Waals surface area contributed by atoms with Crippen LogP contribution in [0, 0.1) is 0 Å². The maximum absolute atomic E-state index is 12.4. The Morgan fingerprint density at radius 2 is 2.08 bits per heavy atom. The van der Waals surface area contributed by atoms with Crippen LogP contribution in [-0.2, 0) is 0 Å². The van der Waals surface area contributed by atoms with Crippen molar-refractivity contribution in [1.82, 2.24) is 24.4 Å². The van der Waals surface area contributed by atoms with Gasteiger partial charge in [-0.05, 0) is 37.4 Å². The Kier molecular flexibility index (Phi) is 4.04. The minimum atomic E-state index is 0.0571. The predicted octanol–water partition coefficient (Wildman–Crippen LogP) is 2.80. The van der Waals surface area contributed by atoms with Gasteiger partial charge in [-0.25, -0.2) is 19.7 Å². The highest BCUT2D eigenvalue weighted by molar-refractivity contribution is 7.98. The Hall–Kier alpha value is -2.61. The molecule has 2 aromatic heterocycles. The van der Waals surface area contributed by atoms with Gasteiger partial charge in [0.05, 0.1) is 11.0 Å². The second kappa shape index (κ2) is 6.36. The topological polar surface area (TPSA) is 67.2 Å². The summed E-state index contributed by atoms with van der Waals surface area (Å²) >= 11 is 1.50. The minimum Gasteiger partial charge on any atom is -0.323 e. The molecule has 1 aliphatic heterocycles. The first-order chi connectivity index (χ1) is 12.2. The number of likely N-dealkylation sites (N-methyl/N-ethyl adjacent to an activating group) is 1. The molecular formula is C17H18N6OS. The average Bonchev–Trinajstić information content (AvgIpc) is 3.24. The summed E-state index contributed by atoms with van der Waals surface area (Å²) in [6.45, 7) is 4.20. The van der Waals surface area contributed by atoms with E-state index in [0.717, 1.165) is 40.8 Å². The molecule has 3 aromatic rings. The maximum Gasteiger partial charge on any atom is 0.324 e. The van der Waals surface area contributed by atoms with E-state index in [4.69, 9.17) is 0 Å². The lowest BCUT2D eigenvalue weighted by atomic mass is 10.2. The second-order valence-electron chi connectivity index (χ2n) is 5.70. The van der Waals surface area contributed by atoms with Crippen molar-refractivity contribution >= 4 is 34.5 Å². The van der Waals surface area contributed by atoms with Crippen LogP contribution < -0.4 is 4.90 Å². The monoisotopic (exact) mass is 354 g/mol. The lowest BCUT2D eigenvalue weighted by Crippen LogP contribution is -2.31. The molecule has 1 fully saturated rings. The van der Waals surface area contributed by atoms with E-state index in [1.54, 1.807) is 17.4 Å². The van der Waals surface area contributed by atoms with E-state index >= 15 is 0 Å². The summed E-state index contributed by atoms with van der Waals surface area (Å²) in [5.41, 5.74) is 2.67. The maximum atomic E-state index is 12.4. The molecule has 1 aromatic carbocycles. The summed E-state index contributed by atoms with van der Waals surface area (Å²) in [4.78, 5) is 29.2. The third kappa shape index (κ3) is 2.72. The quantitative estimate of drug-likeness (QED) is 0.532. The van der Waals surface area contributed by atoms with Crippen molar-refractivity contribution in [2.75, 3.05) is 30.8 Å². The standard InChI is InChI=1S/C17H18N6OS/c1-3-21-8-9-22(17(21)24)12-4-5-14-13(10-12)19-11-23(14)15-6-7-18-16(20-15)25-2/h4-7,10-11H,3,8-9H2,1-2H3. The van der Waals surface area contributed by atoms with E-state index in [1.807, 2.05) is 46.9 Å². The van der Waals surface area contributed by atoms with E-state index in [0.29, 0.717) is 6.54 Å². The molecule has 0 atom stereocenters. The fourth-order valence-electron chi connectivity index (χ4n) is 3.03. The Morgan fingerprint density at radius 1 is 1.20 bits per heavy atom. The van der Waals surface area contributed by atoms with Gasteiger partial charge < -0.3 is 4.90 Å². The number of urea groups is 1. The van der Waals surface area contributed by atoms with Gasteiger partial charge in [0.2, 0.25) is 0 Å². The molecule has 0 saturated carbocycles. The molecule has 0 unspecified atom stereocenters. The molecule has 128 valence electrons. The van der Waals surface area contributed by atoms with Crippen molar-refractivity contribution in [2.24, 2.45) is 0 Å². The molecule has 1 aliphatic rings. The van der Waals surface area contributed by atoms with Gasteiger partial charge in [0.25, 0.3) is 0 Å². The third-order valence-electron chi connectivity index (χ3n) is 4.37. The zero-order chi connectivity index (χ0) is 17.4. The van der Waals surface area contributed by atoms with Crippen molar-refractivity contribution in [3.63, 3.8) is 0 Å². The molecule has 1 saturated heterocycles. The number of imidazole rings is 1. The normalized spacial score (nSPS) is 14.7. The molecule has 2 amide bonds. The van der Waals surface area contributed by atoms with E-state index in [1.165, 1.54) is 11.8 Å². The molecule has 4 rings (SSSR count). The minimum absolute atomic E-state index is 0.0571. The molecule has 0 spiro atoms. The first-order valence-electron chi connectivity index (χ1n) is 8.12. The molecule has 25 heavy (non-hydrogen) atoms. The highest BCUT2D eigenvalue weighted by Gasteiger charge is 2.28. The van der Waals surface area contributed by atoms with Gasteiger partial charge >= 0.3 is 6.03 Å². The lowest BCUT2D eigenvalue weighted by Gasteiger charge is -2.17. The first kappa shape index (κ1) is 15.9. The van der Waals surface area contributed by atoms with Crippen LogP contribution in [0.5, 0.6) is 0 Å². The number of carbonyl (C=O) groups excluding carboxylic acids is 1. The predicted molar refractivity (Wildman–Crippen MR) is 98.4 cm³/mol. The number of hydrogen-bond donors (Lipinski definition) is 0. The number of hydrogen-bond acceptors (Lipinski definition) is 5. The average molecular weight is 354 g/mol. The van der Waals surface area contributed by atoms with E-state index in [2.05, 4.69) is 15.0 Å². The van der Waals surface area contributed by atoms with Gasteiger partial charge in [0.1, 0.15) is 12.1 Å². The van der Waals surface area contributed by atoms with Gasteiger partial charge in [0, 0.05) is 31.5 Å².